The van der Waals surface area contributed by atoms with E-state index >= 15 is 0 Å². The maximum Gasteiger partial charge on any atom is 0.356 e. The number of hydrogen-bond donors (Lipinski definition) is 0. The number of carbonyl (C=O) groups excluding carboxylic acids is 1. The van der Waals surface area contributed by atoms with Crippen LogP contribution in [0.2, 0.25) is 0 Å². The fourth-order valence-electron chi connectivity index (χ4n) is 5.29. The van der Waals surface area contributed by atoms with E-state index in [1.54, 1.807) is 0 Å². The number of esters is 1. The number of rotatable bonds is 3. The minimum atomic E-state index is -0.277. The van der Waals surface area contributed by atoms with E-state index in [0.29, 0.717) is 23.5 Å². The van der Waals surface area contributed by atoms with Crippen molar-refractivity contribution < 1.29 is 9.53 Å². The van der Waals surface area contributed by atoms with E-state index in [0.717, 1.165) is 17.6 Å². The summed E-state index contributed by atoms with van der Waals surface area (Å²) in [6.45, 7) is 0. The Morgan fingerprint density at radius 3 is 2.27 bits per heavy atom. The van der Waals surface area contributed by atoms with Gasteiger partial charge in [-0.3, -0.25) is 0 Å². The minimum absolute atomic E-state index is 0.277. The molecule has 3 heteroatoms. The monoisotopic (exact) mass is 351 g/mol. The third-order valence-electron chi connectivity index (χ3n) is 6.50. The Morgan fingerprint density at radius 1 is 0.923 bits per heavy atom. The molecule has 0 N–H and O–H groups in total. The quantitative estimate of drug-likeness (QED) is 0.683. The molecule has 1 heterocycles. The summed E-state index contributed by atoms with van der Waals surface area (Å²) in [5, 5.41) is 0. The van der Waals surface area contributed by atoms with Crippen LogP contribution in [-0.4, -0.2) is 18.8 Å². The summed E-state index contributed by atoms with van der Waals surface area (Å²) >= 11 is 0. The van der Waals surface area contributed by atoms with E-state index in [9.17, 15) is 4.79 Å². The van der Waals surface area contributed by atoms with Crippen LogP contribution in [0, 0.1) is 17.8 Å². The molecule has 0 bridgehead atoms. The molecular weight excluding hydrogens is 322 g/mol. The number of ether oxygens (including phenoxy) is 1. The molecule has 3 nitrogen and oxygen atoms in total. The van der Waals surface area contributed by atoms with Crippen LogP contribution >= 0.6 is 0 Å². The third-order valence-corrected chi connectivity index (χ3v) is 6.50. The predicted octanol–water partition coefficient (Wildman–Crippen LogP) is 5.41. The number of benzene rings is 1. The zero-order valence-electron chi connectivity index (χ0n) is 15.7. The van der Waals surface area contributed by atoms with Crippen molar-refractivity contribution in [1.29, 1.82) is 0 Å². The summed E-state index contributed by atoms with van der Waals surface area (Å²) in [4.78, 5) is 17.7. The van der Waals surface area contributed by atoms with Gasteiger partial charge in [0.25, 0.3) is 0 Å². The molecule has 2 aliphatic carbocycles. The first-order valence-electron chi connectivity index (χ1n) is 10.3. The maximum atomic E-state index is 12.7. The summed E-state index contributed by atoms with van der Waals surface area (Å²) in [6.07, 6.45) is 11.3. The first-order chi connectivity index (χ1) is 12.8. The van der Waals surface area contributed by atoms with Crippen LogP contribution in [-0.2, 0) is 9.53 Å². The molecule has 2 unspecified atom stereocenters. The number of aliphatic imine (C=N–C) groups is 1. The standard InChI is InChI=1S/C23H29NO2/c1-26-23(25)22-20(16-10-4-2-5-11-16)18-14-8-9-15-19(18)21(24-22)17-12-6-3-7-13-17/h2,4-5,10-11,17-19H,3,6-9,12-15H2,1H3. The number of allylic oxidation sites excluding steroid dienone is 1. The minimum Gasteiger partial charge on any atom is -0.464 e. The van der Waals surface area contributed by atoms with Crippen LogP contribution in [0.3, 0.4) is 0 Å². The Morgan fingerprint density at radius 2 is 1.58 bits per heavy atom. The van der Waals surface area contributed by atoms with Gasteiger partial charge in [0.05, 0.1) is 7.11 Å². The molecule has 26 heavy (non-hydrogen) atoms. The summed E-state index contributed by atoms with van der Waals surface area (Å²) < 4.78 is 5.15. The van der Waals surface area contributed by atoms with Gasteiger partial charge in [0, 0.05) is 11.6 Å². The Balaban J connectivity index is 1.84. The van der Waals surface area contributed by atoms with Gasteiger partial charge in [0.2, 0.25) is 0 Å². The number of nitrogens with zero attached hydrogens (tertiary/aromatic N) is 1. The third kappa shape index (κ3) is 3.24. The lowest BCUT2D eigenvalue weighted by atomic mass is 9.65. The number of fused-ring (bicyclic) bond motifs is 1. The molecule has 0 aromatic heterocycles. The van der Waals surface area contributed by atoms with Gasteiger partial charge in [-0.05, 0) is 48.7 Å². The fourth-order valence-corrected chi connectivity index (χ4v) is 5.29. The number of methoxy groups -OCH3 is 1. The van der Waals surface area contributed by atoms with Crippen molar-refractivity contribution in [3.8, 4) is 0 Å². The van der Waals surface area contributed by atoms with Crippen molar-refractivity contribution in [2.75, 3.05) is 7.11 Å². The van der Waals surface area contributed by atoms with Crippen LogP contribution in [0.1, 0.15) is 63.4 Å². The Labute approximate surface area is 156 Å². The summed E-state index contributed by atoms with van der Waals surface area (Å²) in [6, 6.07) is 10.4. The van der Waals surface area contributed by atoms with Crippen LogP contribution < -0.4 is 0 Å². The molecule has 2 fully saturated rings. The average molecular weight is 351 g/mol. The average Bonchev–Trinajstić information content (AvgIpc) is 2.73. The molecule has 0 spiro atoms. The SMILES string of the molecule is COC(=O)C1=C(c2ccccc2)C2CCCCC2C(C2CCCCC2)=N1. The highest BCUT2D eigenvalue weighted by Gasteiger charge is 2.41. The van der Waals surface area contributed by atoms with E-state index in [-0.39, 0.29) is 5.97 Å². The van der Waals surface area contributed by atoms with Crippen molar-refractivity contribution in [3.63, 3.8) is 0 Å². The Hall–Kier alpha value is -1.90. The number of hydrogen-bond acceptors (Lipinski definition) is 3. The summed E-state index contributed by atoms with van der Waals surface area (Å²) in [7, 11) is 1.47. The van der Waals surface area contributed by atoms with Crippen molar-refractivity contribution in [1.82, 2.24) is 0 Å². The molecule has 2 saturated carbocycles. The van der Waals surface area contributed by atoms with Gasteiger partial charge in [-0.1, -0.05) is 62.4 Å². The van der Waals surface area contributed by atoms with Crippen LogP contribution in [0.25, 0.3) is 5.57 Å². The van der Waals surface area contributed by atoms with Gasteiger partial charge >= 0.3 is 5.97 Å². The zero-order valence-corrected chi connectivity index (χ0v) is 15.7. The summed E-state index contributed by atoms with van der Waals surface area (Å²) in [5.41, 5.74) is 4.15. The molecule has 2 atom stereocenters. The van der Waals surface area contributed by atoms with Gasteiger partial charge in [-0.25, -0.2) is 9.79 Å². The molecule has 138 valence electrons. The molecule has 1 aromatic rings. The molecule has 1 aromatic carbocycles. The molecule has 4 rings (SSSR count). The van der Waals surface area contributed by atoms with E-state index in [1.165, 1.54) is 64.2 Å². The van der Waals surface area contributed by atoms with E-state index in [1.807, 2.05) is 6.07 Å². The van der Waals surface area contributed by atoms with Gasteiger partial charge in [0.15, 0.2) is 5.70 Å². The Kier molecular flexibility index (Phi) is 5.23. The number of carbonyl (C=O) groups is 1. The first-order valence-corrected chi connectivity index (χ1v) is 10.3. The maximum absolute atomic E-state index is 12.7. The fraction of sp³-hybridized carbons (Fsp3) is 0.565. The van der Waals surface area contributed by atoms with Crippen molar-refractivity contribution in [2.24, 2.45) is 22.7 Å². The van der Waals surface area contributed by atoms with Crippen molar-refractivity contribution in [2.45, 2.75) is 57.8 Å². The van der Waals surface area contributed by atoms with E-state index in [2.05, 4.69) is 24.3 Å². The van der Waals surface area contributed by atoms with Gasteiger partial charge in [-0.2, -0.15) is 0 Å². The normalized spacial score (nSPS) is 26.9. The lowest BCUT2D eigenvalue weighted by molar-refractivity contribution is -0.136. The van der Waals surface area contributed by atoms with Crippen molar-refractivity contribution >= 4 is 17.3 Å². The van der Waals surface area contributed by atoms with Crippen LogP contribution in [0.4, 0.5) is 0 Å². The highest BCUT2D eigenvalue weighted by molar-refractivity contribution is 6.05. The zero-order chi connectivity index (χ0) is 17.9. The van der Waals surface area contributed by atoms with E-state index < -0.39 is 0 Å². The van der Waals surface area contributed by atoms with E-state index in [4.69, 9.17) is 9.73 Å². The topological polar surface area (TPSA) is 38.7 Å². The van der Waals surface area contributed by atoms with Gasteiger partial charge in [-0.15, -0.1) is 0 Å². The molecule has 1 aliphatic heterocycles. The van der Waals surface area contributed by atoms with Crippen LogP contribution in [0.5, 0.6) is 0 Å². The smallest absolute Gasteiger partial charge is 0.356 e. The summed E-state index contributed by atoms with van der Waals surface area (Å²) in [5.74, 6) is 1.21. The molecular formula is C23H29NO2. The lowest BCUT2D eigenvalue weighted by Crippen LogP contribution is -2.37. The lowest BCUT2D eigenvalue weighted by Gasteiger charge is -2.41. The van der Waals surface area contributed by atoms with Gasteiger partial charge in [0.1, 0.15) is 0 Å². The molecule has 0 radical (unpaired) electrons. The second-order valence-electron chi connectivity index (χ2n) is 7.99. The van der Waals surface area contributed by atoms with Crippen LogP contribution in [0.15, 0.2) is 41.0 Å². The highest BCUT2D eigenvalue weighted by atomic mass is 16.5. The van der Waals surface area contributed by atoms with Crippen molar-refractivity contribution in [3.05, 3.63) is 41.6 Å². The molecule has 0 saturated heterocycles. The second-order valence-corrected chi connectivity index (χ2v) is 7.99. The Bertz CT molecular complexity index is 713. The molecule has 3 aliphatic rings. The first kappa shape index (κ1) is 17.5. The predicted molar refractivity (Wildman–Crippen MR) is 105 cm³/mol. The molecule has 0 amide bonds. The second kappa shape index (κ2) is 7.77. The van der Waals surface area contributed by atoms with Gasteiger partial charge < -0.3 is 4.74 Å². The largest absolute Gasteiger partial charge is 0.464 e. The highest BCUT2D eigenvalue weighted by Crippen LogP contribution is 2.47.